The van der Waals surface area contributed by atoms with Crippen LogP contribution in [0, 0.1) is 5.82 Å². The fourth-order valence-electron chi connectivity index (χ4n) is 3.29. The number of alkyl halides is 5. The molecule has 1 aromatic carbocycles. The number of ketones is 1. The van der Waals surface area contributed by atoms with Gasteiger partial charge in [0.25, 0.3) is 0 Å². The molecule has 0 amide bonds. The van der Waals surface area contributed by atoms with E-state index >= 15 is 0 Å². The average molecular weight is 510 g/mol. The molecule has 0 bridgehead atoms. The largest absolute Gasteiger partial charge is 0.433 e. The third-order valence-electron chi connectivity index (χ3n) is 5.32. The number of halogens is 7. The SMILES string of the molecule is C[C@@]1(c2cc(CC(=O)c3ncc(OC(F)F)cc3Cl)ccc2F)CO[C@@](C)(C(F)(F)F)C(N)=N1. The number of ether oxygens (including phenoxy) is 2. The summed E-state index contributed by atoms with van der Waals surface area (Å²) in [5, 5.41) is -0.234. The van der Waals surface area contributed by atoms with Gasteiger partial charge in [-0.2, -0.15) is 22.0 Å². The molecule has 1 aliphatic rings. The lowest BCUT2D eigenvalue weighted by Crippen LogP contribution is -2.60. The van der Waals surface area contributed by atoms with Crippen LogP contribution in [-0.2, 0) is 16.7 Å². The highest BCUT2D eigenvalue weighted by Crippen LogP contribution is 2.41. The topological polar surface area (TPSA) is 86.8 Å². The highest BCUT2D eigenvalue weighted by Gasteiger charge is 2.59. The van der Waals surface area contributed by atoms with Crippen molar-refractivity contribution in [3.8, 4) is 5.75 Å². The minimum absolute atomic E-state index is 0.135. The standard InChI is InChI=1S/C21H18ClF6N3O3/c1-19(9-33-20(2,17(29)31-19)21(26,27)28)12-5-10(3-4-14(12)23)6-15(32)16-13(22)7-11(8-30-16)34-18(24)25/h3-5,7-8,18H,6,9H2,1-2H3,(H2,29,31)/t19-,20+/m0/s1. The van der Waals surface area contributed by atoms with Crippen LogP contribution in [0.15, 0.2) is 35.5 Å². The Balaban J connectivity index is 1.88. The van der Waals surface area contributed by atoms with E-state index in [9.17, 15) is 31.1 Å². The molecule has 2 atom stereocenters. The number of aliphatic imine (C=N–C) groups is 1. The lowest BCUT2D eigenvalue weighted by atomic mass is 9.88. The maximum absolute atomic E-state index is 14.6. The Labute approximate surface area is 194 Å². The summed E-state index contributed by atoms with van der Waals surface area (Å²) in [7, 11) is 0. The third kappa shape index (κ3) is 4.97. The minimum Gasteiger partial charge on any atom is -0.433 e. The fourth-order valence-corrected chi connectivity index (χ4v) is 3.55. The highest BCUT2D eigenvalue weighted by atomic mass is 35.5. The summed E-state index contributed by atoms with van der Waals surface area (Å²) in [6.07, 6.45) is -4.26. The molecule has 184 valence electrons. The normalized spacial score (nSPS) is 23.1. The number of aromatic nitrogens is 1. The van der Waals surface area contributed by atoms with Crippen molar-refractivity contribution < 1.29 is 40.6 Å². The Morgan fingerprint density at radius 3 is 2.53 bits per heavy atom. The van der Waals surface area contributed by atoms with Crippen LogP contribution in [-0.4, -0.2) is 41.6 Å². The van der Waals surface area contributed by atoms with E-state index in [4.69, 9.17) is 22.1 Å². The molecule has 0 radical (unpaired) electrons. The van der Waals surface area contributed by atoms with Gasteiger partial charge in [0, 0.05) is 18.1 Å². The van der Waals surface area contributed by atoms with E-state index in [-0.39, 0.29) is 34.0 Å². The summed E-state index contributed by atoms with van der Waals surface area (Å²) >= 11 is 5.95. The average Bonchev–Trinajstić information content (AvgIpc) is 2.71. The molecule has 0 saturated heterocycles. The molecular weight excluding hydrogens is 492 g/mol. The second-order valence-electron chi connectivity index (χ2n) is 7.88. The summed E-state index contributed by atoms with van der Waals surface area (Å²) in [5.41, 5.74) is 1.05. The van der Waals surface area contributed by atoms with Crippen molar-refractivity contribution in [1.29, 1.82) is 0 Å². The lowest BCUT2D eigenvalue weighted by molar-refractivity contribution is -0.249. The Morgan fingerprint density at radius 1 is 1.29 bits per heavy atom. The maximum Gasteiger partial charge on any atom is 0.424 e. The summed E-state index contributed by atoms with van der Waals surface area (Å²) < 4.78 is 88.4. The predicted molar refractivity (Wildman–Crippen MR) is 110 cm³/mol. The lowest BCUT2D eigenvalue weighted by Gasteiger charge is -2.41. The van der Waals surface area contributed by atoms with Crippen molar-refractivity contribution in [3.63, 3.8) is 0 Å². The van der Waals surface area contributed by atoms with E-state index in [0.717, 1.165) is 25.3 Å². The number of carbonyl (C=O) groups excluding carboxylic acids is 1. The van der Waals surface area contributed by atoms with E-state index in [0.29, 0.717) is 0 Å². The van der Waals surface area contributed by atoms with Gasteiger partial charge in [-0.3, -0.25) is 9.79 Å². The van der Waals surface area contributed by atoms with E-state index in [1.54, 1.807) is 0 Å². The van der Waals surface area contributed by atoms with E-state index in [2.05, 4.69) is 14.7 Å². The molecule has 1 aliphatic heterocycles. The van der Waals surface area contributed by atoms with E-state index < -0.39 is 48.0 Å². The molecule has 0 unspecified atom stereocenters. The van der Waals surface area contributed by atoms with Crippen LogP contribution in [0.2, 0.25) is 5.02 Å². The summed E-state index contributed by atoms with van der Waals surface area (Å²) in [6.45, 7) is -1.66. The molecule has 0 saturated carbocycles. The molecular formula is C21H18ClF6N3O3. The first-order valence-corrected chi connectivity index (χ1v) is 10.0. The first-order valence-electron chi connectivity index (χ1n) is 9.65. The van der Waals surface area contributed by atoms with Crippen molar-refractivity contribution in [2.45, 2.75) is 44.2 Å². The number of hydrogen-bond acceptors (Lipinski definition) is 6. The molecule has 2 heterocycles. The van der Waals surface area contributed by atoms with Crippen LogP contribution in [0.4, 0.5) is 26.3 Å². The van der Waals surface area contributed by atoms with Gasteiger partial charge in [0.15, 0.2) is 5.78 Å². The zero-order chi connectivity index (χ0) is 25.5. The van der Waals surface area contributed by atoms with Gasteiger partial charge in [-0.1, -0.05) is 17.7 Å². The van der Waals surface area contributed by atoms with E-state index in [1.807, 2.05) is 0 Å². The quantitative estimate of drug-likeness (QED) is 0.445. The van der Waals surface area contributed by atoms with Crippen LogP contribution in [0.1, 0.15) is 35.5 Å². The van der Waals surface area contributed by atoms with Crippen molar-refractivity contribution in [1.82, 2.24) is 4.98 Å². The van der Waals surface area contributed by atoms with Crippen molar-refractivity contribution >= 4 is 23.2 Å². The highest BCUT2D eigenvalue weighted by molar-refractivity contribution is 6.33. The summed E-state index contributed by atoms with van der Waals surface area (Å²) in [5.74, 6) is -2.62. The van der Waals surface area contributed by atoms with Crippen molar-refractivity contribution in [2.24, 2.45) is 10.7 Å². The van der Waals surface area contributed by atoms with Crippen LogP contribution in [0.3, 0.4) is 0 Å². The van der Waals surface area contributed by atoms with Gasteiger partial charge < -0.3 is 15.2 Å². The number of nitrogens with zero attached hydrogens (tertiary/aromatic N) is 2. The number of nitrogens with two attached hydrogens (primary N) is 1. The minimum atomic E-state index is -4.84. The number of hydrogen-bond donors (Lipinski definition) is 1. The Hall–Kier alpha value is -2.86. The molecule has 34 heavy (non-hydrogen) atoms. The zero-order valence-corrected chi connectivity index (χ0v) is 18.5. The van der Waals surface area contributed by atoms with Crippen LogP contribution < -0.4 is 10.5 Å². The predicted octanol–water partition coefficient (Wildman–Crippen LogP) is 4.82. The Morgan fingerprint density at radius 2 is 1.97 bits per heavy atom. The smallest absolute Gasteiger partial charge is 0.424 e. The number of carbonyl (C=O) groups is 1. The van der Waals surface area contributed by atoms with Crippen molar-refractivity contribution in [3.05, 3.63) is 58.1 Å². The molecule has 0 fully saturated rings. The van der Waals surface area contributed by atoms with Crippen molar-refractivity contribution in [2.75, 3.05) is 6.61 Å². The van der Waals surface area contributed by atoms with Crippen LogP contribution >= 0.6 is 11.6 Å². The molecule has 2 N–H and O–H groups in total. The van der Waals surface area contributed by atoms with E-state index in [1.165, 1.54) is 19.1 Å². The first-order chi connectivity index (χ1) is 15.7. The molecule has 1 aromatic heterocycles. The van der Waals surface area contributed by atoms with Gasteiger partial charge in [-0.25, -0.2) is 9.37 Å². The zero-order valence-electron chi connectivity index (χ0n) is 17.7. The van der Waals surface area contributed by atoms with Gasteiger partial charge in [0.05, 0.1) is 17.8 Å². The number of amidine groups is 1. The van der Waals surface area contributed by atoms with Gasteiger partial charge in [0.1, 0.15) is 28.6 Å². The number of Topliss-reactive ketones (excluding diaryl/α,β-unsaturated/α-hetero) is 1. The molecule has 2 aromatic rings. The fraction of sp³-hybridized carbons (Fsp3) is 0.381. The molecule has 13 heteroatoms. The van der Waals surface area contributed by atoms with Crippen LogP contribution in [0.25, 0.3) is 0 Å². The van der Waals surface area contributed by atoms with Gasteiger partial charge in [-0.15, -0.1) is 0 Å². The molecule has 0 aliphatic carbocycles. The van der Waals surface area contributed by atoms with Gasteiger partial charge in [-0.05, 0) is 31.5 Å². The maximum atomic E-state index is 14.6. The molecule has 6 nitrogen and oxygen atoms in total. The van der Waals surface area contributed by atoms with Gasteiger partial charge in [0.2, 0.25) is 5.60 Å². The molecule has 3 rings (SSSR count). The van der Waals surface area contributed by atoms with Crippen LogP contribution in [0.5, 0.6) is 5.75 Å². The first kappa shape index (κ1) is 25.8. The van der Waals surface area contributed by atoms with Gasteiger partial charge >= 0.3 is 12.8 Å². The number of benzene rings is 1. The second-order valence-corrected chi connectivity index (χ2v) is 8.29. The third-order valence-corrected chi connectivity index (χ3v) is 5.61. The summed E-state index contributed by atoms with van der Waals surface area (Å²) in [4.78, 5) is 20.3. The Bertz CT molecular complexity index is 1140. The number of pyridine rings is 1. The summed E-state index contributed by atoms with van der Waals surface area (Å²) in [6, 6.07) is 4.57. The number of rotatable bonds is 6. The monoisotopic (exact) mass is 509 g/mol. The molecule has 0 spiro atoms. The Kier molecular flexibility index (Phi) is 6.87. The second kappa shape index (κ2) is 9.06.